The van der Waals surface area contributed by atoms with Crippen LogP contribution in [0.15, 0.2) is 18.3 Å². The lowest BCUT2D eigenvalue weighted by atomic mass is 10.2. The van der Waals surface area contributed by atoms with Crippen LogP contribution in [0.4, 0.5) is 10.2 Å². The summed E-state index contributed by atoms with van der Waals surface area (Å²) in [5.41, 5.74) is 0. The number of carbonyl (C=O) groups excluding carboxylic acids is 1. The molecule has 0 atom stereocenters. The fourth-order valence-corrected chi connectivity index (χ4v) is 1.24. The fourth-order valence-electron chi connectivity index (χ4n) is 1.24. The third-order valence-electron chi connectivity index (χ3n) is 1.93. The van der Waals surface area contributed by atoms with E-state index in [-0.39, 0.29) is 31.0 Å². The largest absolute Gasteiger partial charge is 0.358 e. The molecule has 0 bridgehead atoms. The molecular formula is C9H11FN2O3. The van der Waals surface area contributed by atoms with Gasteiger partial charge in [0.25, 0.3) is 0 Å². The number of rotatable bonds is 6. The van der Waals surface area contributed by atoms with Gasteiger partial charge in [-0.2, -0.15) is 0 Å². The van der Waals surface area contributed by atoms with Crippen LogP contribution in [0.3, 0.4) is 0 Å². The summed E-state index contributed by atoms with van der Waals surface area (Å²) in [4.78, 5) is 21.2. The summed E-state index contributed by atoms with van der Waals surface area (Å²) in [6.07, 6.45) is 1.76. The molecule has 0 saturated carbocycles. The SMILES string of the molecule is O=C(CCCF)Cn1cccc1[N+](=O)[O-]. The summed E-state index contributed by atoms with van der Waals surface area (Å²) in [6.45, 7) is -0.608. The van der Waals surface area contributed by atoms with Gasteiger partial charge in [0.2, 0.25) is 0 Å². The highest BCUT2D eigenvalue weighted by Gasteiger charge is 2.14. The molecule has 82 valence electrons. The van der Waals surface area contributed by atoms with E-state index in [2.05, 4.69) is 0 Å². The van der Waals surface area contributed by atoms with Gasteiger partial charge >= 0.3 is 5.82 Å². The molecule has 0 amide bonds. The molecule has 0 radical (unpaired) electrons. The molecule has 5 nitrogen and oxygen atoms in total. The van der Waals surface area contributed by atoms with E-state index >= 15 is 0 Å². The Kier molecular flexibility index (Phi) is 3.96. The molecule has 0 N–H and O–H groups in total. The van der Waals surface area contributed by atoms with Crippen LogP contribution in [0.2, 0.25) is 0 Å². The van der Waals surface area contributed by atoms with E-state index in [1.807, 2.05) is 0 Å². The number of Topliss-reactive ketones (excluding diaryl/α,β-unsaturated/α-hetero) is 1. The first kappa shape index (κ1) is 11.4. The fraction of sp³-hybridized carbons (Fsp3) is 0.444. The van der Waals surface area contributed by atoms with Crippen LogP contribution < -0.4 is 0 Å². The molecule has 0 aliphatic rings. The van der Waals surface area contributed by atoms with E-state index in [9.17, 15) is 19.3 Å². The first-order valence-corrected chi connectivity index (χ1v) is 4.52. The molecule has 0 fully saturated rings. The second-order valence-electron chi connectivity index (χ2n) is 3.08. The van der Waals surface area contributed by atoms with Crippen molar-refractivity contribution in [3.63, 3.8) is 0 Å². The topological polar surface area (TPSA) is 65.1 Å². The monoisotopic (exact) mass is 214 g/mol. The zero-order chi connectivity index (χ0) is 11.3. The van der Waals surface area contributed by atoms with Crippen LogP contribution in [0.1, 0.15) is 12.8 Å². The van der Waals surface area contributed by atoms with Gasteiger partial charge in [-0.05, 0) is 17.4 Å². The number of aromatic nitrogens is 1. The Morgan fingerprint density at radius 1 is 1.60 bits per heavy atom. The maximum atomic E-state index is 11.8. The Hall–Kier alpha value is -1.72. The number of ketones is 1. The molecule has 1 heterocycles. The van der Waals surface area contributed by atoms with Crippen LogP contribution in [-0.2, 0) is 11.3 Å². The van der Waals surface area contributed by atoms with Crippen molar-refractivity contribution >= 4 is 11.6 Å². The molecule has 0 aliphatic carbocycles. The van der Waals surface area contributed by atoms with Crippen LogP contribution >= 0.6 is 0 Å². The number of hydrogen-bond donors (Lipinski definition) is 0. The number of halogens is 1. The van der Waals surface area contributed by atoms with Gasteiger partial charge in [-0.15, -0.1) is 0 Å². The molecule has 1 aromatic heterocycles. The Morgan fingerprint density at radius 2 is 2.33 bits per heavy atom. The van der Waals surface area contributed by atoms with E-state index in [1.165, 1.54) is 22.9 Å². The highest BCUT2D eigenvalue weighted by Crippen LogP contribution is 2.12. The summed E-state index contributed by atoms with van der Waals surface area (Å²) in [7, 11) is 0. The van der Waals surface area contributed by atoms with Gasteiger partial charge in [0, 0.05) is 12.5 Å². The zero-order valence-corrected chi connectivity index (χ0v) is 8.06. The normalized spacial score (nSPS) is 10.2. The minimum Gasteiger partial charge on any atom is -0.358 e. The quantitative estimate of drug-likeness (QED) is 0.534. The van der Waals surface area contributed by atoms with E-state index in [1.54, 1.807) is 0 Å². The van der Waals surface area contributed by atoms with Crippen molar-refractivity contribution < 1.29 is 14.1 Å². The third-order valence-corrected chi connectivity index (χ3v) is 1.93. The Balaban J connectivity index is 2.60. The van der Waals surface area contributed by atoms with E-state index in [4.69, 9.17) is 0 Å². The minimum atomic E-state index is -0.553. The summed E-state index contributed by atoms with van der Waals surface area (Å²) in [5.74, 6) is -0.324. The van der Waals surface area contributed by atoms with Crippen LogP contribution in [-0.4, -0.2) is 21.9 Å². The molecular weight excluding hydrogens is 203 g/mol. The van der Waals surface area contributed by atoms with Crippen LogP contribution in [0, 0.1) is 10.1 Å². The van der Waals surface area contributed by atoms with Crippen molar-refractivity contribution in [1.82, 2.24) is 4.57 Å². The van der Waals surface area contributed by atoms with Crippen LogP contribution in [0.25, 0.3) is 0 Å². The van der Waals surface area contributed by atoms with Gasteiger partial charge in [0.1, 0.15) is 6.54 Å². The minimum absolute atomic E-state index is 0.0662. The predicted molar refractivity (Wildman–Crippen MR) is 51.3 cm³/mol. The first-order valence-electron chi connectivity index (χ1n) is 4.52. The van der Waals surface area contributed by atoms with Crippen molar-refractivity contribution in [2.45, 2.75) is 19.4 Å². The molecule has 0 saturated heterocycles. The van der Waals surface area contributed by atoms with Crippen LogP contribution in [0.5, 0.6) is 0 Å². The van der Waals surface area contributed by atoms with Crippen molar-refractivity contribution in [2.75, 3.05) is 6.67 Å². The molecule has 1 rings (SSSR count). The molecule has 6 heteroatoms. The summed E-state index contributed by atoms with van der Waals surface area (Å²) >= 11 is 0. The average Bonchev–Trinajstić information content (AvgIpc) is 2.62. The third kappa shape index (κ3) is 3.16. The summed E-state index contributed by atoms with van der Waals surface area (Å²) < 4.78 is 13.0. The number of carbonyl (C=O) groups is 1. The lowest BCUT2D eigenvalue weighted by Crippen LogP contribution is -2.11. The first-order chi connectivity index (χ1) is 7.15. The zero-order valence-electron chi connectivity index (χ0n) is 8.06. The van der Waals surface area contributed by atoms with Crippen molar-refractivity contribution in [3.8, 4) is 0 Å². The van der Waals surface area contributed by atoms with E-state index in [0.29, 0.717) is 0 Å². The Labute approximate surface area is 85.7 Å². The standard InChI is InChI=1S/C9H11FN2O3/c10-5-1-3-8(13)7-11-6-2-4-9(11)12(14)15/h2,4,6H,1,3,5,7H2. The summed E-state index contributed by atoms with van der Waals surface area (Å²) in [6, 6.07) is 2.82. The molecule has 0 unspecified atom stereocenters. The molecule has 15 heavy (non-hydrogen) atoms. The number of hydrogen-bond acceptors (Lipinski definition) is 3. The predicted octanol–water partition coefficient (Wildman–Crippen LogP) is 1.72. The highest BCUT2D eigenvalue weighted by atomic mass is 19.1. The molecule has 0 aliphatic heterocycles. The molecule has 0 spiro atoms. The maximum absolute atomic E-state index is 11.8. The smallest absolute Gasteiger partial charge is 0.323 e. The lowest BCUT2D eigenvalue weighted by molar-refractivity contribution is -0.391. The van der Waals surface area contributed by atoms with Gasteiger partial charge in [0.05, 0.1) is 12.9 Å². The molecule has 1 aromatic rings. The maximum Gasteiger partial charge on any atom is 0.323 e. The Morgan fingerprint density at radius 3 is 2.93 bits per heavy atom. The molecule has 0 aromatic carbocycles. The van der Waals surface area contributed by atoms with Crippen molar-refractivity contribution in [1.29, 1.82) is 0 Å². The number of nitrogens with zero attached hydrogens (tertiary/aromatic N) is 2. The van der Waals surface area contributed by atoms with Crippen molar-refractivity contribution in [2.24, 2.45) is 0 Å². The Bertz CT molecular complexity index is 362. The second kappa shape index (κ2) is 5.23. The van der Waals surface area contributed by atoms with Gasteiger partial charge in [-0.3, -0.25) is 9.18 Å². The van der Waals surface area contributed by atoms with Crippen molar-refractivity contribution in [3.05, 3.63) is 28.4 Å². The van der Waals surface area contributed by atoms with Gasteiger partial charge in [-0.1, -0.05) is 0 Å². The highest BCUT2D eigenvalue weighted by molar-refractivity contribution is 5.78. The van der Waals surface area contributed by atoms with Gasteiger partial charge in [0.15, 0.2) is 5.78 Å². The van der Waals surface area contributed by atoms with E-state index < -0.39 is 11.6 Å². The number of nitro groups is 1. The average molecular weight is 214 g/mol. The van der Waals surface area contributed by atoms with Gasteiger partial charge in [-0.25, -0.2) is 4.57 Å². The van der Waals surface area contributed by atoms with Gasteiger partial charge < -0.3 is 10.1 Å². The second-order valence-corrected chi connectivity index (χ2v) is 3.08. The van der Waals surface area contributed by atoms with E-state index in [0.717, 1.165) is 0 Å². The number of alkyl halides is 1. The summed E-state index contributed by atoms with van der Waals surface area (Å²) in [5, 5.41) is 10.5. The lowest BCUT2D eigenvalue weighted by Gasteiger charge is -2.00.